The van der Waals surface area contributed by atoms with E-state index < -0.39 is 11.1 Å². The van der Waals surface area contributed by atoms with Gasteiger partial charge in [0.05, 0.1) is 6.07 Å². The SMILES string of the molecule is CC(C)(C)OC(=O)C(C)(C)NCCC#N. The molecular formula is C11H20N2O2. The number of esters is 1. The molecule has 0 fully saturated rings. The van der Waals surface area contributed by atoms with E-state index in [4.69, 9.17) is 10.00 Å². The molecular weight excluding hydrogens is 192 g/mol. The van der Waals surface area contributed by atoms with Crippen LogP contribution in [-0.2, 0) is 9.53 Å². The number of carbonyl (C=O) groups is 1. The van der Waals surface area contributed by atoms with Crippen molar-refractivity contribution in [2.75, 3.05) is 6.54 Å². The second-order valence-corrected chi connectivity index (χ2v) is 4.96. The summed E-state index contributed by atoms with van der Waals surface area (Å²) in [4.78, 5) is 11.7. The molecule has 0 saturated heterocycles. The molecule has 0 rings (SSSR count). The van der Waals surface area contributed by atoms with Crippen LogP contribution in [0.1, 0.15) is 41.0 Å². The number of nitrogens with zero attached hydrogens (tertiary/aromatic N) is 1. The minimum absolute atomic E-state index is 0.298. The Labute approximate surface area is 91.6 Å². The summed E-state index contributed by atoms with van der Waals surface area (Å²) in [7, 11) is 0. The summed E-state index contributed by atoms with van der Waals surface area (Å²) < 4.78 is 5.25. The van der Waals surface area contributed by atoms with Crippen molar-refractivity contribution < 1.29 is 9.53 Å². The highest BCUT2D eigenvalue weighted by Gasteiger charge is 2.31. The molecule has 4 heteroatoms. The molecule has 0 atom stereocenters. The average molecular weight is 212 g/mol. The van der Waals surface area contributed by atoms with Gasteiger partial charge in [-0.05, 0) is 34.6 Å². The van der Waals surface area contributed by atoms with Crippen molar-refractivity contribution in [1.82, 2.24) is 5.32 Å². The van der Waals surface area contributed by atoms with Crippen molar-refractivity contribution in [3.8, 4) is 6.07 Å². The molecule has 0 aromatic carbocycles. The molecule has 1 N–H and O–H groups in total. The summed E-state index contributed by atoms with van der Waals surface area (Å²) in [5, 5.41) is 11.4. The summed E-state index contributed by atoms with van der Waals surface area (Å²) in [5.41, 5.74) is -1.23. The van der Waals surface area contributed by atoms with Gasteiger partial charge in [0, 0.05) is 13.0 Å². The zero-order valence-electron chi connectivity index (χ0n) is 10.2. The Bertz CT molecular complexity index is 259. The van der Waals surface area contributed by atoms with Crippen molar-refractivity contribution in [2.45, 2.75) is 52.2 Å². The summed E-state index contributed by atoms with van der Waals surface area (Å²) in [5.74, 6) is -0.298. The maximum absolute atomic E-state index is 11.7. The summed E-state index contributed by atoms with van der Waals surface area (Å²) in [6.07, 6.45) is 0.381. The summed E-state index contributed by atoms with van der Waals surface area (Å²) in [6, 6.07) is 2.01. The van der Waals surface area contributed by atoms with E-state index in [0.29, 0.717) is 13.0 Å². The fourth-order valence-electron chi connectivity index (χ4n) is 0.909. The van der Waals surface area contributed by atoms with Gasteiger partial charge < -0.3 is 10.1 Å². The van der Waals surface area contributed by atoms with Crippen LogP contribution in [0.15, 0.2) is 0 Å². The predicted octanol–water partition coefficient (Wildman–Crippen LogP) is 1.61. The number of rotatable bonds is 4. The highest BCUT2D eigenvalue weighted by Crippen LogP contribution is 2.13. The van der Waals surface area contributed by atoms with Gasteiger partial charge in [0.15, 0.2) is 0 Å². The monoisotopic (exact) mass is 212 g/mol. The standard InChI is InChI=1S/C11H20N2O2/c1-10(2,3)15-9(14)11(4,5)13-8-6-7-12/h13H,6,8H2,1-5H3. The van der Waals surface area contributed by atoms with E-state index in [1.807, 2.05) is 26.8 Å². The van der Waals surface area contributed by atoms with E-state index in [2.05, 4.69) is 5.32 Å². The fourth-order valence-corrected chi connectivity index (χ4v) is 0.909. The molecule has 0 saturated carbocycles. The van der Waals surface area contributed by atoms with Gasteiger partial charge in [-0.25, -0.2) is 0 Å². The van der Waals surface area contributed by atoms with Gasteiger partial charge in [0.25, 0.3) is 0 Å². The maximum Gasteiger partial charge on any atom is 0.326 e. The third-order valence-electron chi connectivity index (χ3n) is 1.71. The van der Waals surface area contributed by atoms with E-state index in [1.54, 1.807) is 13.8 Å². The Hall–Kier alpha value is -1.08. The lowest BCUT2D eigenvalue weighted by Gasteiger charge is -2.29. The van der Waals surface area contributed by atoms with Gasteiger partial charge in [-0.3, -0.25) is 4.79 Å². The third kappa shape index (κ3) is 6.08. The topological polar surface area (TPSA) is 62.1 Å². The largest absolute Gasteiger partial charge is 0.459 e. The van der Waals surface area contributed by atoms with E-state index in [-0.39, 0.29) is 5.97 Å². The Kier molecular flexibility index (Phi) is 4.76. The number of ether oxygens (including phenoxy) is 1. The number of nitriles is 1. The van der Waals surface area contributed by atoms with Gasteiger partial charge in [-0.2, -0.15) is 5.26 Å². The molecule has 4 nitrogen and oxygen atoms in total. The lowest BCUT2D eigenvalue weighted by atomic mass is 10.1. The molecule has 0 amide bonds. The number of hydrogen-bond acceptors (Lipinski definition) is 4. The molecule has 0 aliphatic rings. The molecule has 0 heterocycles. The molecule has 0 aliphatic heterocycles. The van der Waals surface area contributed by atoms with Crippen LogP contribution in [-0.4, -0.2) is 23.7 Å². The van der Waals surface area contributed by atoms with Crippen LogP contribution in [0.2, 0.25) is 0 Å². The van der Waals surface area contributed by atoms with Gasteiger partial charge in [-0.15, -0.1) is 0 Å². The van der Waals surface area contributed by atoms with Crippen LogP contribution >= 0.6 is 0 Å². The van der Waals surface area contributed by atoms with E-state index in [9.17, 15) is 4.79 Å². The second-order valence-electron chi connectivity index (χ2n) is 4.96. The van der Waals surface area contributed by atoms with E-state index in [1.165, 1.54) is 0 Å². The Balaban J connectivity index is 4.21. The van der Waals surface area contributed by atoms with Crippen LogP contribution in [0.3, 0.4) is 0 Å². The van der Waals surface area contributed by atoms with Gasteiger partial charge in [0.1, 0.15) is 11.1 Å². The summed E-state index contributed by atoms with van der Waals surface area (Å²) in [6.45, 7) is 9.47. The summed E-state index contributed by atoms with van der Waals surface area (Å²) >= 11 is 0. The van der Waals surface area contributed by atoms with Gasteiger partial charge in [-0.1, -0.05) is 0 Å². The predicted molar refractivity (Wildman–Crippen MR) is 58.2 cm³/mol. The fraction of sp³-hybridized carbons (Fsp3) is 0.818. The number of hydrogen-bond donors (Lipinski definition) is 1. The van der Waals surface area contributed by atoms with Crippen molar-refractivity contribution in [2.24, 2.45) is 0 Å². The molecule has 0 spiro atoms. The zero-order valence-corrected chi connectivity index (χ0v) is 10.2. The molecule has 0 aliphatic carbocycles. The average Bonchev–Trinajstić information content (AvgIpc) is 2.01. The first-order valence-electron chi connectivity index (χ1n) is 5.04. The highest BCUT2D eigenvalue weighted by molar-refractivity contribution is 5.80. The van der Waals surface area contributed by atoms with Crippen LogP contribution < -0.4 is 5.32 Å². The lowest BCUT2D eigenvalue weighted by molar-refractivity contribution is -0.161. The number of carbonyl (C=O) groups excluding carboxylic acids is 1. The second kappa shape index (κ2) is 5.13. The van der Waals surface area contributed by atoms with Crippen LogP contribution in [0.25, 0.3) is 0 Å². The van der Waals surface area contributed by atoms with E-state index >= 15 is 0 Å². The van der Waals surface area contributed by atoms with Gasteiger partial charge >= 0.3 is 5.97 Å². The first-order valence-corrected chi connectivity index (χ1v) is 5.04. The first-order chi connectivity index (χ1) is 6.69. The third-order valence-corrected chi connectivity index (χ3v) is 1.71. The van der Waals surface area contributed by atoms with Crippen LogP contribution in [0, 0.1) is 11.3 Å². The Morgan fingerprint density at radius 2 is 1.87 bits per heavy atom. The van der Waals surface area contributed by atoms with Crippen LogP contribution in [0.4, 0.5) is 0 Å². The molecule has 0 radical (unpaired) electrons. The molecule has 0 aromatic rings. The minimum Gasteiger partial charge on any atom is -0.459 e. The van der Waals surface area contributed by atoms with Crippen molar-refractivity contribution in [1.29, 1.82) is 5.26 Å². The smallest absolute Gasteiger partial charge is 0.326 e. The Morgan fingerprint density at radius 3 is 2.27 bits per heavy atom. The van der Waals surface area contributed by atoms with Crippen LogP contribution in [0.5, 0.6) is 0 Å². The van der Waals surface area contributed by atoms with Crippen molar-refractivity contribution >= 4 is 5.97 Å². The molecule has 15 heavy (non-hydrogen) atoms. The van der Waals surface area contributed by atoms with Crippen molar-refractivity contribution in [3.05, 3.63) is 0 Å². The lowest BCUT2D eigenvalue weighted by Crippen LogP contribution is -2.50. The molecule has 0 unspecified atom stereocenters. The quantitative estimate of drug-likeness (QED) is 0.568. The molecule has 0 aromatic heterocycles. The first kappa shape index (κ1) is 13.9. The van der Waals surface area contributed by atoms with Crippen molar-refractivity contribution in [3.63, 3.8) is 0 Å². The highest BCUT2D eigenvalue weighted by atomic mass is 16.6. The van der Waals surface area contributed by atoms with Gasteiger partial charge in [0.2, 0.25) is 0 Å². The van der Waals surface area contributed by atoms with E-state index in [0.717, 1.165) is 0 Å². The number of nitrogens with one attached hydrogen (secondary N) is 1. The normalized spacial score (nSPS) is 12.0. The molecule has 0 bridgehead atoms. The zero-order chi connectivity index (χ0) is 12.1. The Morgan fingerprint density at radius 1 is 1.33 bits per heavy atom. The molecule has 86 valence electrons. The maximum atomic E-state index is 11.7. The minimum atomic E-state index is -0.746.